The van der Waals surface area contributed by atoms with Gasteiger partial charge >= 0.3 is 0 Å². The van der Waals surface area contributed by atoms with Gasteiger partial charge in [0.05, 0.1) is 0 Å². The fraction of sp³-hybridized carbons (Fsp3) is 0.625. The molecule has 0 aliphatic rings. The summed E-state index contributed by atoms with van der Waals surface area (Å²) in [4.78, 5) is 0. The summed E-state index contributed by atoms with van der Waals surface area (Å²) < 4.78 is 0. The molecule has 0 nitrogen and oxygen atoms in total. The van der Waals surface area contributed by atoms with Crippen molar-refractivity contribution in [1.82, 2.24) is 0 Å². The third kappa shape index (κ3) is 7.33. The predicted molar refractivity (Wildman–Crippen MR) is 85.5 cm³/mol. The number of rotatable bonds is 10. The number of alkyl halides is 1. The molecule has 0 atom stereocenters. The second-order valence-electron chi connectivity index (χ2n) is 4.77. The predicted octanol–water partition coefficient (Wildman–Crippen LogP) is 6.02. The molecular formula is C16H25ClS. The van der Waals surface area contributed by atoms with E-state index in [1.54, 1.807) is 0 Å². The van der Waals surface area contributed by atoms with E-state index < -0.39 is 0 Å². The van der Waals surface area contributed by atoms with Gasteiger partial charge in [0.1, 0.15) is 0 Å². The van der Waals surface area contributed by atoms with Crippen molar-refractivity contribution in [3.05, 3.63) is 35.4 Å². The lowest BCUT2D eigenvalue weighted by Gasteiger charge is -2.03. The van der Waals surface area contributed by atoms with Gasteiger partial charge in [-0.3, -0.25) is 0 Å². The van der Waals surface area contributed by atoms with Crippen LogP contribution in [0.2, 0.25) is 0 Å². The first-order valence-electron chi connectivity index (χ1n) is 7.08. The lowest BCUT2D eigenvalue weighted by Crippen LogP contribution is -1.86. The Hall–Kier alpha value is -0.140. The minimum atomic E-state index is 0.616. The smallest absolute Gasteiger partial charge is 0.0474 e. The van der Waals surface area contributed by atoms with Crippen LogP contribution in [0.25, 0.3) is 0 Å². The molecule has 0 aliphatic carbocycles. The Balaban J connectivity index is 2.00. The maximum atomic E-state index is 5.77. The average molecular weight is 285 g/mol. The van der Waals surface area contributed by atoms with Gasteiger partial charge in [0.25, 0.3) is 0 Å². The second-order valence-corrected chi connectivity index (χ2v) is 6.14. The molecule has 102 valence electrons. The van der Waals surface area contributed by atoms with Gasteiger partial charge in [-0.1, -0.05) is 63.3 Å². The fourth-order valence-corrected chi connectivity index (χ4v) is 3.06. The molecule has 0 fully saturated rings. The van der Waals surface area contributed by atoms with Crippen LogP contribution in [0.3, 0.4) is 0 Å². The highest BCUT2D eigenvalue weighted by Crippen LogP contribution is 2.16. The molecular weight excluding hydrogens is 260 g/mol. The van der Waals surface area contributed by atoms with Gasteiger partial charge in [-0.05, 0) is 23.3 Å². The summed E-state index contributed by atoms with van der Waals surface area (Å²) in [6.07, 6.45) is 8.35. The van der Waals surface area contributed by atoms with Crippen LogP contribution in [-0.4, -0.2) is 5.75 Å². The first-order chi connectivity index (χ1) is 8.86. The summed E-state index contributed by atoms with van der Waals surface area (Å²) in [7, 11) is 0. The summed E-state index contributed by atoms with van der Waals surface area (Å²) in [6.45, 7) is 2.27. The molecule has 1 aromatic rings. The van der Waals surface area contributed by atoms with Crippen LogP contribution in [0.5, 0.6) is 0 Å². The monoisotopic (exact) mass is 284 g/mol. The van der Waals surface area contributed by atoms with Crippen molar-refractivity contribution in [2.45, 2.75) is 57.1 Å². The molecule has 0 amide bonds. The first-order valence-corrected chi connectivity index (χ1v) is 8.77. The summed E-state index contributed by atoms with van der Waals surface area (Å²) in [6, 6.07) is 8.67. The SMILES string of the molecule is CCCCCCCCSCc1ccc(CCl)cc1. The lowest BCUT2D eigenvalue weighted by molar-refractivity contribution is 0.627. The highest BCUT2D eigenvalue weighted by molar-refractivity contribution is 7.98. The van der Waals surface area contributed by atoms with Crippen LogP contribution in [0, 0.1) is 0 Å². The van der Waals surface area contributed by atoms with Crippen molar-refractivity contribution in [3.8, 4) is 0 Å². The van der Waals surface area contributed by atoms with Gasteiger partial charge < -0.3 is 0 Å². The van der Waals surface area contributed by atoms with Crippen LogP contribution in [0.1, 0.15) is 56.6 Å². The zero-order valence-corrected chi connectivity index (χ0v) is 13.0. The lowest BCUT2D eigenvalue weighted by atomic mass is 10.1. The molecule has 0 aromatic heterocycles. The van der Waals surface area contributed by atoms with E-state index in [0.717, 1.165) is 5.75 Å². The molecule has 18 heavy (non-hydrogen) atoms. The molecule has 0 spiro atoms. The van der Waals surface area contributed by atoms with E-state index in [9.17, 15) is 0 Å². The molecule has 0 radical (unpaired) electrons. The van der Waals surface area contributed by atoms with Crippen molar-refractivity contribution in [2.24, 2.45) is 0 Å². The average Bonchev–Trinajstić information content (AvgIpc) is 2.42. The van der Waals surface area contributed by atoms with Crippen LogP contribution in [0.4, 0.5) is 0 Å². The van der Waals surface area contributed by atoms with Crippen molar-refractivity contribution in [2.75, 3.05) is 5.75 Å². The number of unbranched alkanes of at least 4 members (excludes halogenated alkanes) is 5. The van der Waals surface area contributed by atoms with E-state index in [4.69, 9.17) is 11.6 Å². The number of hydrogen-bond acceptors (Lipinski definition) is 1. The zero-order valence-electron chi connectivity index (χ0n) is 11.5. The number of hydrogen-bond donors (Lipinski definition) is 0. The molecule has 0 aliphatic heterocycles. The Bertz CT molecular complexity index is 294. The first kappa shape index (κ1) is 15.9. The third-order valence-electron chi connectivity index (χ3n) is 3.09. The summed E-state index contributed by atoms with van der Waals surface area (Å²) in [5.41, 5.74) is 2.63. The quantitative estimate of drug-likeness (QED) is 0.374. The number of halogens is 1. The molecule has 0 bridgehead atoms. The Labute approximate surface area is 122 Å². The van der Waals surface area contributed by atoms with E-state index in [1.165, 1.54) is 55.4 Å². The molecule has 0 saturated heterocycles. The standard InChI is InChI=1S/C16H25ClS/c1-2-3-4-5-6-7-12-18-14-16-10-8-15(13-17)9-11-16/h8-11H,2-7,12-14H2,1H3. The highest BCUT2D eigenvalue weighted by Gasteiger charge is 1.95. The van der Waals surface area contributed by atoms with E-state index in [1.807, 2.05) is 0 Å². The molecule has 0 N–H and O–H groups in total. The maximum Gasteiger partial charge on any atom is 0.0474 e. The molecule has 0 unspecified atom stereocenters. The summed E-state index contributed by atoms with van der Waals surface area (Å²) in [5.74, 6) is 3.05. The number of thioether (sulfide) groups is 1. The van der Waals surface area contributed by atoms with E-state index >= 15 is 0 Å². The molecule has 2 heteroatoms. The van der Waals surface area contributed by atoms with Crippen LogP contribution in [0.15, 0.2) is 24.3 Å². The van der Waals surface area contributed by atoms with Gasteiger partial charge in [0.15, 0.2) is 0 Å². The van der Waals surface area contributed by atoms with Gasteiger partial charge in [-0.15, -0.1) is 11.6 Å². The Morgan fingerprint density at radius 2 is 1.50 bits per heavy atom. The van der Waals surface area contributed by atoms with E-state index in [0.29, 0.717) is 5.88 Å². The molecule has 1 rings (SSSR count). The van der Waals surface area contributed by atoms with Crippen LogP contribution >= 0.6 is 23.4 Å². The summed E-state index contributed by atoms with van der Waals surface area (Å²) >= 11 is 7.82. The van der Waals surface area contributed by atoms with E-state index in [2.05, 4.69) is 43.0 Å². The number of benzene rings is 1. The van der Waals surface area contributed by atoms with Gasteiger partial charge in [-0.25, -0.2) is 0 Å². The van der Waals surface area contributed by atoms with Crippen molar-refractivity contribution in [3.63, 3.8) is 0 Å². The van der Waals surface area contributed by atoms with Crippen molar-refractivity contribution in [1.29, 1.82) is 0 Å². The molecule has 0 saturated carbocycles. The van der Waals surface area contributed by atoms with E-state index in [-0.39, 0.29) is 0 Å². The molecule has 1 aromatic carbocycles. The van der Waals surface area contributed by atoms with Crippen LogP contribution < -0.4 is 0 Å². The molecule has 0 heterocycles. The normalized spacial score (nSPS) is 10.8. The van der Waals surface area contributed by atoms with Crippen LogP contribution in [-0.2, 0) is 11.6 Å². The van der Waals surface area contributed by atoms with Crippen molar-refractivity contribution < 1.29 is 0 Å². The maximum absolute atomic E-state index is 5.77. The Kier molecular flexibility index (Phi) is 9.51. The highest BCUT2D eigenvalue weighted by atomic mass is 35.5. The minimum Gasteiger partial charge on any atom is -0.157 e. The Morgan fingerprint density at radius 1 is 0.889 bits per heavy atom. The minimum absolute atomic E-state index is 0.616. The van der Waals surface area contributed by atoms with Crippen molar-refractivity contribution >= 4 is 23.4 Å². The third-order valence-corrected chi connectivity index (χ3v) is 4.51. The van der Waals surface area contributed by atoms with Gasteiger partial charge in [0.2, 0.25) is 0 Å². The fourth-order valence-electron chi connectivity index (χ4n) is 1.90. The largest absolute Gasteiger partial charge is 0.157 e. The Morgan fingerprint density at radius 3 is 2.17 bits per heavy atom. The second kappa shape index (κ2) is 10.8. The van der Waals surface area contributed by atoms with Gasteiger partial charge in [-0.2, -0.15) is 11.8 Å². The summed E-state index contributed by atoms with van der Waals surface area (Å²) in [5, 5.41) is 0. The van der Waals surface area contributed by atoms with Gasteiger partial charge in [0, 0.05) is 11.6 Å². The topological polar surface area (TPSA) is 0 Å². The zero-order chi connectivity index (χ0) is 13.1.